The molecule has 1 amide bonds. The van der Waals surface area contributed by atoms with Crippen molar-refractivity contribution >= 4 is 40.8 Å². The van der Waals surface area contributed by atoms with Gasteiger partial charge < -0.3 is 10.1 Å². The summed E-state index contributed by atoms with van der Waals surface area (Å²) in [6.07, 6.45) is 3.01. The van der Waals surface area contributed by atoms with Gasteiger partial charge in [0.25, 0.3) is 5.91 Å². The molecule has 0 saturated heterocycles. The van der Waals surface area contributed by atoms with Crippen LogP contribution in [0.4, 0.5) is 5.69 Å². The van der Waals surface area contributed by atoms with Crippen molar-refractivity contribution < 1.29 is 14.3 Å². The summed E-state index contributed by atoms with van der Waals surface area (Å²) < 4.78 is 5.01. The van der Waals surface area contributed by atoms with E-state index in [9.17, 15) is 9.59 Å². The Hall–Kier alpha value is -2.18. The van der Waals surface area contributed by atoms with Crippen molar-refractivity contribution in [2.45, 2.75) is 13.0 Å². The van der Waals surface area contributed by atoms with Crippen molar-refractivity contribution in [3.8, 4) is 0 Å². The number of carbonyl (C=O) groups excluding carboxylic acids is 2. The third kappa shape index (κ3) is 4.16. The minimum absolute atomic E-state index is 0.0201. The lowest BCUT2D eigenvalue weighted by atomic mass is 10.3. The Morgan fingerprint density at radius 3 is 2.68 bits per heavy atom. The van der Waals surface area contributed by atoms with Crippen LogP contribution in [-0.4, -0.2) is 27.9 Å². The van der Waals surface area contributed by atoms with E-state index in [-0.39, 0.29) is 10.7 Å². The molecule has 8 heteroatoms. The third-order valence-corrected chi connectivity index (χ3v) is 3.16. The molecule has 2 rings (SSSR count). The number of ether oxygens (including phenoxy) is 1. The lowest BCUT2D eigenvalue weighted by Gasteiger charge is -2.14. The minimum atomic E-state index is -1.03. The van der Waals surface area contributed by atoms with Gasteiger partial charge in [0.2, 0.25) is 0 Å². The van der Waals surface area contributed by atoms with Crippen LogP contribution in [0.1, 0.15) is 17.4 Å². The van der Waals surface area contributed by atoms with Crippen LogP contribution in [0.25, 0.3) is 0 Å². The standard InChI is InChI=1S/C14H11Cl2N3O3/c1-8(22-14(21)12-7-17-4-5-18-12)13(20)19-11-3-2-9(15)6-10(11)16/h2-8H,1H3,(H,19,20)/t8-/m0/s1. The third-order valence-electron chi connectivity index (χ3n) is 2.61. The molecule has 0 spiro atoms. The molecule has 0 aliphatic heterocycles. The molecule has 0 aliphatic rings. The average molecular weight is 340 g/mol. The van der Waals surface area contributed by atoms with E-state index in [4.69, 9.17) is 27.9 Å². The Morgan fingerprint density at radius 1 is 1.27 bits per heavy atom. The predicted molar refractivity (Wildman–Crippen MR) is 82.0 cm³/mol. The van der Waals surface area contributed by atoms with Crippen LogP contribution >= 0.6 is 23.2 Å². The number of benzene rings is 1. The first kappa shape index (κ1) is 16.2. The lowest BCUT2D eigenvalue weighted by molar-refractivity contribution is -0.123. The Labute approximate surface area is 136 Å². The highest BCUT2D eigenvalue weighted by atomic mass is 35.5. The maximum atomic E-state index is 12.0. The van der Waals surface area contributed by atoms with Gasteiger partial charge in [0.1, 0.15) is 0 Å². The number of nitrogens with one attached hydrogen (secondary N) is 1. The van der Waals surface area contributed by atoms with E-state index >= 15 is 0 Å². The molecular formula is C14H11Cl2N3O3. The smallest absolute Gasteiger partial charge is 0.359 e. The summed E-state index contributed by atoms with van der Waals surface area (Å²) >= 11 is 11.7. The molecule has 0 fully saturated rings. The summed E-state index contributed by atoms with van der Waals surface area (Å²) in [6.45, 7) is 1.44. The maximum Gasteiger partial charge on any atom is 0.359 e. The van der Waals surface area contributed by atoms with Crippen molar-refractivity contribution in [2.75, 3.05) is 5.32 Å². The fourth-order valence-corrected chi connectivity index (χ4v) is 1.96. The van der Waals surface area contributed by atoms with Gasteiger partial charge >= 0.3 is 5.97 Å². The highest BCUT2D eigenvalue weighted by Crippen LogP contribution is 2.25. The summed E-state index contributed by atoms with van der Waals surface area (Å²) in [4.78, 5) is 31.3. The number of nitrogens with zero attached hydrogens (tertiary/aromatic N) is 2. The van der Waals surface area contributed by atoms with E-state index in [0.717, 1.165) is 0 Å². The second kappa shape index (κ2) is 7.20. The summed E-state index contributed by atoms with van der Waals surface area (Å²) in [6, 6.07) is 4.63. The van der Waals surface area contributed by atoms with Gasteiger partial charge in [-0.2, -0.15) is 0 Å². The normalized spacial score (nSPS) is 11.6. The monoisotopic (exact) mass is 339 g/mol. The maximum absolute atomic E-state index is 12.0. The van der Waals surface area contributed by atoms with Gasteiger partial charge in [-0.25, -0.2) is 9.78 Å². The van der Waals surface area contributed by atoms with Gasteiger partial charge in [0, 0.05) is 17.4 Å². The summed E-state index contributed by atoms with van der Waals surface area (Å²) in [7, 11) is 0. The molecule has 0 unspecified atom stereocenters. The first-order chi connectivity index (χ1) is 10.5. The van der Waals surface area contributed by atoms with E-state index in [0.29, 0.717) is 10.7 Å². The average Bonchev–Trinajstić information content (AvgIpc) is 2.50. The first-order valence-corrected chi connectivity index (χ1v) is 6.96. The van der Waals surface area contributed by atoms with Crippen LogP contribution in [0.15, 0.2) is 36.8 Å². The van der Waals surface area contributed by atoms with E-state index in [2.05, 4.69) is 15.3 Å². The zero-order valence-corrected chi connectivity index (χ0v) is 12.9. The zero-order chi connectivity index (χ0) is 16.1. The Morgan fingerprint density at radius 2 is 2.05 bits per heavy atom. The molecule has 0 radical (unpaired) electrons. The molecule has 1 atom stereocenters. The Balaban J connectivity index is 1.99. The molecular weight excluding hydrogens is 329 g/mol. The van der Waals surface area contributed by atoms with Crippen LogP contribution in [0.2, 0.25) is 10.0 Å². The first-order valence-electron chi connectivity index (χ1n) is 6.20. The van der Waals surface area contributed by atoms with E-state index in [1.807, 2.05) is 0 Å². The molecule has 0 bridgehead atoms. The minimum Gasteiger partial charge on any atom is -0.448 e. The van der Waals surface area contributed by atoms with Crippen molar-refractivity contribution in [1.82, 2.24) is 9.97 Å². The van der Waals surface area contributed by atoms with E-state index < -0.39 is 18.0 Å². The number of esters is 1. The number of rotatable bonds is 4. The summed E-state index contributed by atoms with van der Waals surface area (Å²) in [5.41, 5.74) is 0.394. The Kier molecular flexibility index (Phi) is 5.30. The number of aromatic nitrogens is 2. The van der Waals surface area contributed by atoms with Crippen molar-refractivity contribution in [3.05, 3.63) is 52.5 Å². The van der Waals surface area contributed by atoms with Gasteiger partial charge in [0.05, 0.1) is 16.9 Å². The quantitative estimate of drug-likeness (QED) is 0.866. The molecule has 2 aromatic rings. The second-order valence-electron chi connectivity index (χ2n) is 4.25. The second-order valence-corrected chi connectivity index (χ2v) is 5.10. The molecule has 1 N–H and O–H groups in total. The van der Waals surface area contributed by atoms with Crippen LogP contribution in [0, 0.1) is 0 Å². The zero-order valence-electron chi connectivity index (χ0n) is 11.4. The largest absolute Gasteiger partial charge is 0.448 e. The Bertz CT molecular complexity index is 695. The lowest BCUT2D eigenvalue weighted by Crippen LogP contribution is -2.30. The highest BCUT2D eigenvalue weighted by Gasteiger charge is 2.20. The molecule has 0 aliphatic carbocycles. The van der Waals surface area contributed by atoms with Crippen LogP contribution in [-0.2, 0) is 9.53 Å². The van der Waals surface area contributed by atoms with E-state index in [1.54, 1.807) is 12.1 Å². The van der Waals surface area contributed by atoms with Gasteiger partial charge in [-0.05, 0) is 25.1 Å². The predicted octanol–water partition coefficient (Wildman–Crippen LogP) is 2.97. The SMILES string of the molecule is C[C@H](OC(=O)c1cnccn1)C(=O)Nc1ccc(Cl)cc1Cl. The van der Waals surface area contributed by atoms with Crippen molar-refractivity contribution in [2.24, 2.45) is 0 Å². The van der Waals surface area contributed by atoms with Gasteiger partial charge in [0.15, 0.2) is 11.8 Å². The molecule has 114 valence electrons. The molecule has 22 heavy (non-hydrogen) atoms. The van der Waals surface area contributed by atoms with Crippen LogP contribution in [0.5, 0.6) is 0 Å². The van der Waals surface area contributed by atoms with Crippen molar-refractivity contribution in [3.63, 3.8) is 0 Å². The number of hydrogen-bond donors (Lipinski definition) is 1. The summed E-state index contributed by atoms with van der Waals surface area (Å²) in [5.74, 6) is -1.26. The fourth-order valence-electron chi connectivity index (χ4n) is 1.50. The van der Waals surface area contributed by atoms with Crippen molar-refractivity contribution in [1.29, 1.82) is 0 Å². The topological polar surface area (TPSA) is 81.2 Å². The molecule has 0 saturated carbocycles. The number of amides is 1. The highest BCUT2D eigenvalue weighted by molar-refractivity contribution is 6.36. The number of carbonyl (C=O) groups is 2. The number of halogens is 2. The van der Waals surface area contributed by atoms with Gasteiger partial charge in [-0.15, -0.1) is 0 Å². The number of hydrogen-bond acceptors (Lipinski definition) is 5. The molecule has 6 nitrogen and oxygen atoms in total. The molecule has 1 aromatic carbocycles. The van der Waals surface area contributed by atoms with Crippen LogP contribution < -0.4 is 5.32 Å². The summed E-state index contributed by atoms with van der Waals surface area (Å²) in [5, 5.41) is 3.29. The number of anilines is 1. The van der Waals surface area contributed by atoms with Crippen LogP contribution in [0.3, 0.4) is 0 Å². The van der Waals surface area contributed by atoms with E-state index in [1.165, 1.54) is 31.6 Å². The van der Waals surface area contributed by atoms with Gasteiger partial charge in [-0.3, -0.25) is 9.78 Å². The fraction of sp³-hybridized carbons (Fsp3) is 0.143. The van der Waals surface area contributed by atoms with Gasteiger partial charge in [-0.1, -0.05) is 23.2 Å². The molecule has 1 aromatic heterocycles. The molecule has 1 heterocycles.